The molecule has 1 unspecified atom stereocenters. The number of nitrogens with zero attached hydrogens (tertiary/aromatic N) is 2. The number of hydrogen-bond donors (Lipinski definition) is 1. The minimum absolute atomic E-state index is 0.000266. The van der Waals surface area contributed by atoms with E-state index in [-0.39, 0.29) is 16.4 Å². The van der Waals surface area contributed by atoms with Gasteiger partial charge in [-0.25, -0.2) is 0 Å². The average Bonchev–Trinajstić information content (AvgIpc) is 2.91. The van der Waals surface area contributed by atoms with E-state index in [4.69, 9.17) is 11.6 Å². The Morgan fingerprint density at radius 2 is 1.67 bits per heavy atom. The zero-order valence-corrected chi connectivity index (χ0v) is 14.6. The zero-order valence-electron chi connectivity index (χ0n) is 13.9. The third kappa shape index (κ3) is 2.50. The first-order chi connectivity index (χ1) is 12.9. The summed E-state index contributed by atoms with van der Waals surface area (Å²) >= 11 is 6.27. The molecule has 1 aliphatic heterocycles. The molecule has 1 atom stereocenters. The largest absolute Gasteiger partial charge is 0.363 e. The molecule has 134 valence electrons. The Hall–Kier alpha value is -3.22. The first-order valence-corrected chi connectivity index (χ1v) is 8.48. The fourth-order valence-electron chi connectivity index (χ4n) is 3.39. The van der Waals surface area contributed by atoms with Gasteiger partial charge in [0.1, 0.15) is 0 Å². The number of anilines is 1. The monoisotopic (exact) mass is 380 g/mol. The molecule has 0 radical (unpaired) electrons. The zero-order chi connectivity index (χ0) is 19.2. The van der Waals surface area contributed by atoms with Crippen molar-refractivity contribution in [3.05, 3.63) is 105 Å². The Kier molecular flexibility index (Phi) is 3.95. The van der Waals surface area contributed by atoms with E-state index in [1.165, 1.54) is 23.1 Å². The summed E-state index contributed by atoms with van der Waals surface area (Å²) in [5.74, 6) is -0.437. The van der Waals surface area contributed by atoms with Crippen LogP contribution in [-0.2, 0) is 5.72 Å². The summed E-state index contributed by atoms with van der Waals surface area (Å²) in [6.45, 7) is 0. The van der Waals surface area contributed by atoms with Crippen molar-refractivity contribution in [1.82, 2.24) is 0 Å². The lowest BCUT2D eigenvalue weighted by atomic mass is 9.93. The van der Waals surface area contributed by atoms with Crippen molar-refractivity contribution in [3.8, 4) is 0 Å². The third-order valence-corrected chi connectivity index (χ3v) is 4.92. The molecule has 0 spiro atoms. The van der Waals surface area contributed by atoms with Crippen LogP contribution in [0.1, 0.15) is 21.5 Å². The Morgan fingerprint density at radius 3 is 2.33 bits per heavy atom. The number of halogens is 1. The molecule has 0 aliphatic carbocycles. The van der Waals surface area contributed by atoms with Gasteiger partial charge in [0.25, 0.3) is 11.6 Å². The minimum atomic E-state index is -1.78. The second kappa shape index (κ2) is 6.19. The van der Waals surface area contributed by atoms with Crippen LogP contribution in [0.15, 0.2) is 72.8 Å². The molecule has 6 nitrogen and oxygen atoms in total. The van der Waals surface area contributed by atoms with E-state index in [1.54, 1.807) is 54.6 Å². The van der Waals surface area contributed by atoms with Gasteiger partial charge in [-0.05, 0) is 12.1 Å². The molecule has 1 amide bonds. The van der Waals surface area contributed by atoms with Gasteiger partial charge in [0.05, 0.1) is 15.6 Å². The highest BCUT2D eigenvalue weighted by atomic mass is 35.5. The molecule has 0 fully saturated rings. The van der Waals surface area contributed by atoms with E-state index >= 15 is 0 Å². The number of benzene rings is 3. The smallest absolute Gasteiger partial charge is 0.271 e. The molecule has 3 aromatic carbocycles. The van der Waals surface area contributed by atoms with Gasteiger partial charge in [-0.1, -0.05) is 60.1 Å². The Balaban J connectivity index is 1.97. The quantitative estimate of drug-likeness (QED) is 0.547. The van der Waals surface area contributed by atoms with Crippen LogP contribution in [0.3, 0.4) is 0 Å². The summed E-state index contributed by atoms with van der Waals surface area (Å²) in [5.41, 5.74) is -0.535. The lowest BCUT2D eigenvalue weighted by Crippen LogP contribution is -2.45. The maximum atomic E-state index is 13.1. The number of non-ortho nitro benzene ring substituents is 1. The van der Waals surface area contributed by atoms with Crippen molar-refractivity contribution < 1.29 is 14.8 Å². The van der Waals surface area contributed by atoms with Crippen LogP contribution >= 0.6 is 11.6 Å². The summed E-state index contributed by atoms with van der Waals surface area (Å²) in [6.07, 6.45) is 0. The van der Waals surface area contributed by atoms with Crippen LogP contribution in [-0.4, -0.2) is 15.9 Å². The van der Waals surface area contributed by atoms with Gasteiger partial charge in [-0.15, -0.1) is 0 Å². The number of nitro benzene ring substituents is 1. The fraction of sp³-hybridized carbons (Fsp3) is 0.0500. The van der Waals surface area contributed by atoms with Gasteiger partial charge in [0.15, 0.2) is 5.72 Å². The molecule has 0 bridgehead atoms. The second-order valence-electron chi connectivity index (χ2n) is 6.12. The van der Waals surface area contributed by atoms with Gasteiger partial charge >= 0.3 is 0 Å². The van der Waals surface area contributed by atoms with E-state index in [0.29, 0.717) is 16.7 Å². The van der Waals surface area contributed by atoms with Gasteiger partial charge in [0.2, 0.25) is 0 Å². The van der Waals surface area contributed by atoms with Crippen LogP contribution in [0, 0.1) is 10.1 Å². The molecule has 7 heteroatoms. The average molecular weight is 381 g/mol. The summed E-state index contributed by atoms with van der Waals surface area (Å²) < 4.78 is 0. The SMILES string of the molecule is O=C1c2ccccc2C(O)(c2ccccc2)N1c1ccc([N+](=O)[O-])cc1Cl. The number of hydrogen-bond acceptors (Lipinski definition) is 4. The van der Waals surface area contributed by atoms with Crippen LogP contribution in [0.2, 0.25) is 5.02 Å². The predicted molar refractivity (Wildman–Crippen MR) is 101 cm³/mol. The van der Waals surface area contributed by atoms with Crippen molar-refractivity contribution in [1.29, 1.82) is 0 Å². The number of carbonyl (C=O) groups excluding carboxylic acids is 1. The van der Waals surface area contributed by atoms with Gasteiger partial charge in [0, 0.05) is 28.8 Å². The number of fused-ring (bicyclic) bond motifs is 1. The van der Waals surface area contributed by atoms with E-state index in [2.05, 4.69) is 0 Å². The molecular formula is C20H13ClN2O4. The highest BCUT2D eigenvalue weighted by Gasteiger charge is 2.51. The molecular weight excluding hydrogens is 368 g/mol. The van der Waals surface area contributed by atoms with Crippen LogP contribution < -0.4 is 4.90 Å². The van der Waals surface area contributed by atoms with E-state index in [0.717, 1.165) is 0 Å². The highest BCUT2D eigenvalue weighted by Crippen LogP contribution is 2.47. The maximum absolute atomic E-state index is 13.1. The summed E-state index contributed by atoms with van der Waals surface area (Å²) in [7, 11) is 0. The van der Waals surface area contributed by atoms with Crippen LogP contribution in [0.4, 0.5) is 11.4 Å². The summed E-state index contributed by atoms with van der Waals surface area (Å²) in [6, 6.07) is 19.3. The molecule has 1 N–H and O–H groups in total. The van der Waals surface area contributed by atoms with E-state index in [1.807, 2.05) is 0 Å². The summed E-state index contributed by atoms with van der Waals surface area (Å²) in [4.78, 5) is 24.7. The van der Waals surface area contributed by atoms with Crippen molar-refractivity contribution in [2.45, 2.75) is 5.72 Å². The van der Waals surface area contributed by atoms with Crippen LogP contribution in [0.25, 0.3) is 0 Å². The number of nitro groups is 1. The van der Waals surface area contributed by atoms with E-state index in [9.17, 15) is 20.0 Å². The molecule has 0 aromatic heterocycles. The molecule has 0 saturated heterocycles. The van der Waals surface area contributed by atoms with E-state index < -0.39 is 16.6 Å². The predicted octanol–water partition coefficient (Wildman–Crippen LogP) is 4.10. The second-order valence-corrected chi connectivity index (χ2v) is 6.52. The molecule has 1 aliphatic rings. The lowest BCUT2D eigenvalue weighted by molar-refractivity contribution is -0.384. The van der Waals surface area contributed by atoms with Crippen molar-refractivity contribution in [2.24, 2.45) is 0 Å². The number of amides is 1. The Morgan fingerprint density at radius 1 is 1.00 bits per heavy atom. The Bertz CT molecular complexity index is 1070. The van der Waals surface area contributed by atoms with Gasteiger partial charge in [-0.2, -0.15) is 0 Å². The third-order valence-electron chi connectivity index (χ3n) is 4.62. The first kappa shape index (κ1) is 17.2. The lowest BCUT2D eigenvalue weighted by Gasteiger charge is -2.35. The Labute approximate surface area is 159 Å². The molecule has 1 heterocycles. The summed E-state index contributed by atoms with van der Waals surface area (Å²) in [5, 5.41) is 22.7. The molecule has 4 rings (SSSR count). The number of rotatable bonds is 3. The number of carbonyl (C=O) groups is 1. The maximum Gasteiger partial charge on any atom is 0.271 e. The van der Waals surface area contributed by atoms with Crippen LogP contribution in [0.5, 0.6) is 0 Å². The van der Waals surface area contributed by atoms with Gasteiger partial charge < -0.3 is 5.11 Å². The van der Waals surface area contributed by atoms with Crippen molar-refractivity contribution >= 4 is 28.9 Å². The molecule has 0 saturated carbocycles. The first-order valence-electron chi connectivity index (χ1n) is 8.10. The standard InChI is InChI=1S/C20H13ClN2O4/c21-17-12-14(23(26)27)10-11-18(17)22-19(24)15-8-4-5-9-16(15)20(22,25)13-6-2-1-3-7-13/h1-12,25H. The van der Waals surface area contributed by atoms with Crippen molar-refractivity contribution in [3.63, 3.8) is 0 Å². The highest BCUT2D eigenvalue weighted by molar-refractivity contribution is 6.34. The molecule has 27 heavy (non-hydrogen) atoms. The molecule has 3 aromatic rings. The minimum Gasteiger partial charge on any atom is -0.363 e. The van der Waals surface area contributed by atoms with Crippen molar-refractivity contribution in [2.75, 3.05) is 4.90 Å². The number of aliphatic hydroxyl groups is 1. The van der Waals surface area contributed by atoms with Gasteiger partial charge in [-0.3, -0.25) is 19.8 Å². The fourth-order valence-corrected chi connectivity index (χ4v) is 3.65. The topological polar surface area (TPSA) is 83.7 Å². The normalized spacial score (nSPS) is 18.4.